The predicted molar refractivity (Wildman–Crippen MR) is 50.5 cm³/mol. The molecule has 1 aliphatic carbocycles. The maximum Gasteiger partial charge on any atom is 1.00 e. The van der Waals surface area contributed by atoms with Crippen molar-refractivity contribution in [1.29, 1.82) is 0 Å². The number of carbonyl (C=O) groups is 1. The molecule has 2 N–H and O–H groups in total. The van der Waals surface area contributed by atoms with Crippen LogP contribution in [-0.2, 0) is 9.53 Å². The van der Waals surface area contributed by atoms with E-state index in [1.54, 1.807) is 0 Å². The first kappa shape index (κ1) is 15.4. The van der Waals surface area contributed by atoms with Crippen LogP contribution < -0.4 is 29.6 Å². The van der Waals surface area contributed by atoms with Crippen molar-refractivity contribution in [2.24, 2.45) is 11.3 Å². The van der Waals surface area contributed by atoms with Crippen molar-refractivity contribution in [2.45, 2.75) is 38.9 Å². The molecular formula is C10H18NaO4+. The molecule has 5 heteroatoms. The Morgan fingerprint density at radius 3 is 2.33 bits per heavy atom. The Kier molecular flexibility index (Phi) is 5.79. The summed E-state index contributed by atoms with van der Waals surface area (Å²) in [7, 11) is 1.32. The summed E-state index contributed by atoms with van der Waals surface area (Å²) >= 11 is 0. The number of carbonyl (C=O) groups excluding carboxylic acids is 1. The molecular weight excluding hydrogens is 207 g/mol. The van der Waals surface area contributed by atoms with Crippen LogP contribution in [0.25, 0.3) is 0 Å². The van der Waals surface area contributed by atoms with Crippen LogP contribution in [0.3, 0.4) is 0 Å². The number of rotatable bonds is 1. The van der Waals surface area contributed by atoms with Gasteiger partial charge in [-0.15, -0.1) is 0 Å². The number of aliphatic hydroxyl groups excluding tert-OH is 2. The van der Waals surface area contributed by atoms with Gasteiger partial charge in [0, 0.05) is 6.42 Å². The molecule has 0 bridgehead atoms. The van der Waals surface area contributed by atoms with Crippen molar-refractivity contribution in [3.05, 3.63) is 0 Å². The fourth-order valence-electron chi connectivity index (χ4n) is 2.36. The molecule has 0 amide bonds. The molecule has 0 aromatic heterocycles. The molecule has 0 spiro atoms. The van der Waals surface area contributed by atoms with Crippen LogP contribution in [0, 0.1) is 11.3 Å². The van der Waals surface area contributed by atoms with Crippen molar-refractivity contribution in [3.8, 4) is 0 Å². The first-order chi connectivity index (χ1) is 6.38. The van der Waals surface area contributed by atoms with Crippen LogP contribution in [0.2, 0.25) is 0 Å². The van der Waals surface area contributed by atoms with Gasteiger partial charge in [-0.05, 0) is 11.8 Å². The van der Waals surface area contributed by atoms with Gasteiger partial charge in [0.2, 0.25) is 0 Å². The largest absolute Gasteiger partial charge is 1.00 e. The van der Waals surface area contributed by atoms with Crippen LogP contribution in [0.4, 0.5) is 0 Å². The van der Waals surface area contributed by atoms with Crippen molar-refractivity contribution in [1.82, 2.24) is 0 Å². The van der Waals surface area contributed by atoms with Crippen LogP contribution in [-0.4, -0.2) is 35.5 Å². The van der Waals surface area contributed by atoms with E-state index in [2.05, 4.69) is 4.74 Å². The Morgan fingerprint density at radius 1 is 1.40 bits per heavy atom. The average molecular weight is 225 g/mol. The number of hydrogen-bond acceptors (Lipinski definition) is 4. The summed E-state index contributed by atoms with van der Waals surface area (Å²) in [6, 6.07) is 0. The number of hydrogen-bond donors (Lipinski definition) is 2. The van der Waals surface area contributed by atoms with Crippen molar-refractivity contribution in [2.75, 3.05) is 7.11 Å². The first-order valence-electron chi connectivity index (χ1n) is 4.82. The zero-order chi connectivity index (χ0) is 10.9. The smallest absolute Gasteiger partial charge is 0.469 e. The number of aliphatic hydroxyl groups is 2. The molecule has 1 saturated carbocycles. The van der Waals surface area contributed by atoms with Gasteiger partial charge in [-0.2, -0.15) is 0 Å². The van der Waals surface area contributed by atoms with Gasteiger partial charge < -0.3 is 14.9 Å². The molecule has 1 fully saturated rings. The van der Waals surface area contributed by atoms with E-state index >= 15 is 0 Å². The molecule has 3 unspecified atom stereocenters. The Labute approximate surface area is 112 Å². The minimum Gasteiger partial charge on any atom is -0.469 e. The maximum absolute atomic E-state index is 11.4. The molecule has 4 nitrogen and oxygen atoms in total. The molecule has 15 heavy (non-hydrogen) atoms. The van der Waals surface area contributed by atoms with Crippen molar-refractivity contribution >= 4 is 5.97 Å². The molecule has 82 valence electrons. The van der Waals surface area contributed by atoms with E-state index in [0.717, 1.165) is 0 Å². The fourth-order valence-corrected chi connectivity index (χ4v) is 2.36. The van der Waals surface area contributed by atoms with Gasteiger partial charge in [-0.1, -0.05) is 13.8 Å². The van der Waals surface area contributed by atoms with E-state index in [1.165, 1.54) is 7.11 Å². The molecule has 3 atom stereocenters. The topological polar surface area (TPSA) is 66.8 Å². The molecule has 0 heterocycles. The summed E-state index contributed by atoms with van der Waals surface area (Å²) in [6.45, 7) is 3.72. The third-order valence-corrected chi connectivity index (χ3v) is 2.96. The van der Waals surface area contributed by atoms with Crippen LogP contribution in [0.1, 0.15) is 26.7 Å². The first-order valence-corrected chi connectivity index (χ1v) is 4.82. The third-order valence-electron chi connectivity index (χ3n) is 2.96. The molecule has 0 saturated heterocycles. The second kappa shape index (κ2) is 5.64. The summed E-state index contributed by atoms with van der Waals surface area (Å²) in [6.07, 6.45) is -0.561. The quantitative estimate of drug-likeness (QED) is 0.377. The number of ether oxygens (including phenoxy) is 1. The number of methoxy groups -OCH3 is 1. The Hall–Kier alpha value is 0.390. The van der Waals surface area contributed by atoms with Gasteiger partial charge in [-0.25, -0.2) is 0 Å². The molecule has 0 aromatic carbocycles. The standard InChI is InChI=1S/C10H18O4.Na/c1-10(2)5-6(11)4-7(12)8(10)9(13)14-3;/h6-8,11-12H,4-5H2,1-3H3;/q;+1. The normalized spacial score (nSPS) is 34.1. The zero-order valence-electron chi connectivity index (χ0n) is 9.86. The molecule has 0 radical (unpaired) electrons. The SMILES string of the molecule is COC(=O)C1C(O)CC(O)CC1(C)C.[Na+]. The molecule has 1 rings (SSSR count). The van der Waals surface area contributed by atoms with E-state index < -0.39 is 29.5 Å². The summed E-state index contributed by atoms with van der Waals surface area (Å²) in [5.41, 5.74) is -0.413. The maximum atomic E-state index is 11.4. The Bertz CT molecular complexity index is 229. The summed E-state index contributed by atoms with van der Waals surface area (Å²) < 4.78 is 4.65. The fraction of sp³-hybridized carbons (Fsp3) is 0.900. The van der Waals surface area contributed by atoms with Crippen molar-refractivity contribution in [3.63, 3.8) is 0 Å². The molecule has 0 aromatic rings. The van der Waals surface area contributed by atoms with Crippen LogP contribution in [0.15, 0.2) is 0 Å². The molecule has 1 aliphatic rings. The zero-order valence-corrected chi connectivity index (χ0v) is 11.9. The van der Waals surface area contributed by atoms with E-state index in [4.69, 9.17) is 0 Å². The number of esters is 1. The van der Waals surface area contributed by atoms with Crippen LogP contribution in [0.5, 0.6) is 0 Å². The van der Waals surface area contributed by atoms with Gasteiger partial charge in [0.25, 0.3) is 0 Å². The monoisotopic (exact) mass is 225 g/mol. The third kappa shape index (κ3) is 3.43. The van der Waals surface area contributed by atoms with E-state index in [0.29, 0.717) is 6.42 Å². The summed E-state index contributed by atoms with van der Waals surface area (Å²) in [5.74, 6) is -0.926. The minimum atomic E-state index is -0.804. The van der Waals surface area contributed by atoms with E-state index in [1.807, 2.05) is 13.8 Å². The summed E-state index contributed by atoms with van der Waals surface area (Å²) in [5, 5.41) is 19.2. The van der Waals surface area contributed by atoms with E-state index in [-0.39, 0.29) is 36.0 Å². The van der Waals surface area contributed by atoms with Gasteiger partial charge in [0.1, 0.15) is 0 Å². The predicted octanol–water partition coefficient (Wildman–Crippen LogP) is -2.68. The Balaban J connectivity index is 0.00000196. The van der Waals surface area contributed by atoms with Gasteiger partial charge in [0.15, 0.2) is 0 Å². The summed E-state index contributed by atoms with van der Waals surface area (Å²) in [4.78, 5) is 11.4. The second-order valence-corrected chi connectivity index (χ2v) is 4.65. The van der Waals surface area contributed by atoms with Gasteiger partial charge >= 0.3 is 35.5 Å². The molecule has 0 aliphatic heterocycles. The minimum absolute atomic E-state index is 0. The van der Waals surface area contributed by atoms with Crippen molar-refractivity contribution < 1.29 is 49.3 Å². The van der Waals surface area contributed by atoms with Gasteiger partial charge in [0.05, 0.1) is 25.2 Å². The second-order valence-electron chi connectivity index (χ2n) is 4.65. The van der Waals surface area contributed by atoms with Gasteiger partial charge in [-0.3, -0.25) is 4.79 Å². The van der Waals surface area contributed by atoms with Crippen LogP contribution >= 0.6 is 0 Å². The van der Waals surface area contributed by atoms with E-state index in [9.17, 15) is 15.0 Å². The average Bonchev–Trinajstić information content (AvgIpc) is 1.99. The Morgan fingerprint density at radius 2 is 1.93 bits per heavy atom.